The van der Waals surface area contributed by atoms with E-state index in [1.807, 2.05) is 18.2 Å². The molecular formula is C26H28ClNO3. The van der Waals surface area contributed by atoms with Gasteiger partial charge in [0.1, 0.15) is 5.75 Å². The van der Waals surface area contributed by atoms with Gasteiger partial charge in [-0.15, -0.1) is 0 Å². The molecule has 1 aliphatic rings. The molecule has 1 atom stereocenters. The van der Waals surface area contributed by atoms with Gasteiger partial charge in [-0.3, -0.25) is 4.79 Å². The highest BCUT2D eigenvalue weighted by Crippen LogP contribution is 2.31. The van der Waals surface area contributed by atoms with Crippen molar-refractivity contribution in [2.24, 2.45) is 0 Å². The summed E-state index contributed by atoms with van der Waals surface area (Å²) >= 11 is 6.31. The molecule has 1 aliphatic heterocycles. The van der Waals surface area contributed by atoms with Crippen molar-refractivity contribution in [1.82, 2.24) is 4.90 Å². The summed E-state index contributed by atoms with van der Waals surface area (Å²) < 4.78 is 6.01. The minimum atomic E-state index is -0.728. The lowest BCUT2D eigenvalue weighted by atomic mass is 9.95. The van der Waals surface area contributed by atoms with Gasteiger partial charge in [0.25, 0.3) is 0 Å². The molecule has 0 spiro atoms. The first kappa shape index (κ1) is 21.7. The van der Waals surface area contributed by atoms with Crippen LogP contribution in [0.3, 0.4) is 0 Å². The van der Waals surface area contributed by atoms with Crippen molar-refractivity contribution < 1.29 is 14.6 Å². The number of carbonyl (C=O) groups is 1. The Morgan fingerprint density at radius 2 is 1.97 bits per heavy atom. The standard InChI is InChI=1S/C26H28ClNO3/c1-18-3-2-4-25(27)24(18)11-14-31-23-8-7-19-15-20(5-6-21(19)16-23)22-9-12-28(17-22)13-10-26(29)30/h2-8,15-16,22H,9-14,17H2,1H3,(H,29,30). The second kappa shape index (κ2) is 9.71. The van der Waals surface area contributed by atoms with Gasteiger partial charge in [0.15, 0.2) is 0 Å². The predicted octanol–water partition coefficient (Wildman–Crippen LogP) is 5.69. The molecule has 0 bridgehead atoms. The fraction of sp³-hybridized carbons (Fsp3) is 0.346. The van der Waals surface area contributed by atoms with Gasteiger partial charge < -0.3 is 14.7 Å². The number of halogens is 1. The fourth-order valence-electron chi connectivity index (χ4n) is 4.40. The van der Waals surface area contributed by atoms with Crippen LogP contribution in [0.1, 0.15) is 35.4 Å². The maximum atomic E-state index is 10.8. The Bertz CT molecular complexity index is 1060. The average molecular weight is 438 g/mol. The Labute approximate surface area is 188 Å². The summed E-state index contributed by atoms with van der Waals surface area (Å²) in [5.41, 5.74) is 3.66. The Morgan fingerprint density at radius 1 is 1.16 bits per heavy atom. The van der Waals surface area contributed by atoms with Crippen LogP contribution in [-0.2, 0) is 11.2 Å². The van der Waals surface area contributed by atoms with E-state index in [1.165, 1.54) is 16.5 Å². The van der Waals surface area contributed by atoms with Crippen molar-refractivity contribution in [2.45, 2.75) is 32.1 Å². The van der Waals surface area contributed by atoms with Crippen molar-refractivity contribution in [2.75, 3.05) is 26.2 Å². The van der Waals surface area contributed by atoms with Crippen LogP contribution in [-0.4, -0.2) is 42.2 Å². The van der Waals surface area contributed by atoms with Gasteiger partial charge in [-0.1, -0.05) is 48.0 Å². The lowest BCUT2D eigenvalue weighted by Crippen LogP contribution is -2.23. The first-order chi connectivity index (χ1) is 15.0. The first-order valence-corrected chi connectivity index (χ1v) is 11.2. The number of rotatable bonds is 8. The SMILES string of the molecule is Cc1cccc(Cl)c1CCOc1ccc2cc(C3CCN(CCC(=O)O)C3)ccc2c1. The Kier molecular flexibility index (Phi) is 6.79. The lowest BCUT2D eigenvalue weighted by molar-refractivity contribution is -0.137. The molecule has 1 saturated heterocycles. The van der Waals surface area contributed by atoms with Gasteiger partial charge >= 0.3 is 5.97 Å². The summed E-state index contributed by atoms with van der Waals surface area (Å²) in [6.07, 6.45) is 2.07. The van der Waals surface area contributed by atoms with Crippen LogP contribution in [0.4, 0.5) is 0 Å². The number of carboxylic acids is 1. The van der Waals surface area contributed by atoms with Crippen LogP contribution in [0, 0.1) is 6.92 Å². The maximum Gasteiger partial charge on any atom is 0.304 e. The molecule has 0 amide bonds. The molecule has 0 aliphatic carbocycles. The quantitative estimate of drug-likeness (QED) is 0.492. The normalized spacial score (nSPS) is 16.6. The molecule has 0 radical (unpaired) electrons. The molecule has 1 N–H and O–H groups in total. The number of hydrogen-bond donors (Lipinski definition) is 1. The van der Waals surface area contributed by atoms with Crippen LogP contribution < -0.4 is 4.74 Å². The number of ether oxygens (including phenoxy) is 1. The van der Waals surface area contributed by atoms with E-state index in [9.17, 15) is 4.79 Å². The van der Waals surface area contributed by atoms with Gasteiger partial charge in [-0.05, 0) is 71.5 Å². The summed E-state index contributed by atoms with van der Waals surface area (Å²) in [5.74, 6) is 0.604. The zero-order valence-corrected chi connectivity index (χ0v) is 18.6. The molecule has 4 rings (SSSR count). The van der Waals surface area contributed by atoms with Gasteiger partial charge in [-0.2, -0.15) is 0 Å². The Hall–Kier alpha value is -2.56. The van der Waals surface area contributed by atoms with Crippen molar-refractivity contribution in [3.8, 4) is 5.75 Å². The lowest BCUT2D eigenvalue weighted by Gasteiger charge is -2.15. The largest absolute Gasteiger partial charge is 0.493 e. The van der Waals surface area contributed by atoms with E-state index < -0.39 is 5.97 Å². The van der Waals surface area contributed by atoms with E-state index in [1.54, 1.807) is 0 Å². The topological polar surface area (TPSA) is 49.8 Å². The second-order valence-electron chi connectivity index (χ2n) is 8.33. The van der Waals surface area contributed by atoms with Crippen molar-refractivity contribution in [3.63, 3.8) is 0 Å². The number of aliphatic carboxylic acids is 1. The van der Waals surface area contributed by atoms with E-state index in [0.29, 0.717) is 19.1 Å². The molecule has 0 saturated carbocycles. The summed E-state index contributed by atoms with van der Waals surface area (Å²) in [7, 11) is 0. The number of hydrogen-bond acceptors (Lipinski definition) is 3. The van der Waals surface area contributed by atoms with Crippen LogP contribution in [0.2, 0.25) is 5.02 Å². The summed E-state index contributed by atoms with van der Waals surface area (Å²) in [5, 5.41) is 12.1. The third kappa shape index (κ3) is 5.38. The third-order valence-corrected chi connectivity index (χ3v) is 6.55. The third-order valence-electron chi connectivity index (χ3n) is 6.20. The predicted molar refractivity (Wildman–Crippen MR) is 125 cm³/mol. The summed E-state index contributed by atoms with van der Waals surface area (Å²) in [6.45, 7) is 5.19. The molecule has 1 unspecified atom stereocenters. The number of fused-ring (bicyclic) bond motifs is 1. The van der Waals surface area contributed by atoms with E-state index >= 15 is 0 Å². The molecule has 3 aromatic carbocycles. The van der Waals surface area contributed by atoms with E-state index in [4.69, 9.17) is 21.4 Å². The number of likely N-dealkylation sites (tertiary alicyclic amines) is 1. The molecule has 3 aromatic rings. The Morgan fingerprint density at radius 3 is 2.77 bits per heavy atom. The van der Waals surface area contributed by atoms with Gasteiger partial charge in [0.2, 0.25) is 0 Å². The molecule has 31 heavy (non-hydrogen) atoms. The Balaban J connectivity index is 1.37. The zero-order valence-electron chi connectivity index (χ0n) is 17.8. The minimum Gasteiger partial charge on any atom is -0.493 e. The monoisotopic (exact) mass is 437 g/mol. The van der Waals surface area contributed by atoms with Crippen LogP contribution >= 0.6 is 11.6 Å². The molecule has 0 aromatic heterocycles. The molecule has 1 fully saturated rings. The first-order valence-electron chi connectivity index (χ1n) is 10.8. The van der Waals surface area contributed by atoms with Crippen LogP contribution in [0.15, 0.2) is 54.6 Å². The number of benzene rings is 3. The van der Waals surface area contributed by atoms with Gasteiger partial charge in [0.05, 0.1) is 13.0 Å². The molecule has 1 heterocycles. The number of carboxylic acid groups (broad SMARTS) is 1. The smallest absolute Gasteiger partial charge is 0.304 e. The molecular weight excluding hydrogens is 410 g/mol. The number of aryl methyl sites for hydroxylation is 1. The summed E-state index contributed by atoms with van der Waals surface area (Å²) in [6, 6.07) is 18.8. The van der Waals surface area contributed by atoms with Crippen LogP contribution in [0.25, 0.3) is 10.8 Å². The van der Waals surface area contributed by atoms with E-state index in [0.717, 1.165) is 47.7 Å². The maximum absolute atomic E-state index is 10.8. The van der Waals surface area contributed by atoms with Crippen LogP contribution in [0.5, 0.6) is 5.75 Å². The van der Waals surface area contributed by atoms with Crippen molar-refractivity contribution in [1.29, 1.82) is 0 Å². The number of nitrogens with zero attached hydrogens (tertiary/aromatic N) is 1. The van der Waals surface area contributed by atoms with Crippen molar-refractivity contribution >= 4 is 28.3 Å². The zero-order chi connectivity index (χ0) is 21.8. The van der Waals surface area contributed by atoms with E-state index in [2.05, 4.69) is 48.2 Å². The molecule has 4 nitrogen and oxygen atoms in total. The highest BCUT2D eigenvalue weighted by atomic mass is 35.5. The summed E-state index contributed by atoms with van der Waals surface area (Å²) in [4.78, 5) is 13.1. The minimum absolute atomic E-state index is 0.212. The highest BCUT2D eigenvalue weighted by molar-refractivity contribution is 6.31. The highest BCUT2D eigenvalue weighted by Gasteiger charge is 2.24. The second-order valence-corrected chi connectivity index (χ2v) is 8.74. The van der Waals surface area contributed by atoms with Crippen molar-refractivity contribution in [3.05, 3.63) is 76.3 Å². The molecule has 162 valence electrons. The molecule has 5 heteroatoms. The fourth-order valence-corrected chi connectivity index (χ4v) is 4.72. The average Bonchev–Trinajstić information content (AvgIpc) is 3.23. The van der Waals surface area contributed by atoms with Gasteiger partial charge in [-0.25, -0.2) is 0 Å². The van der Waals surface area contributed by atoms with Gasteiger partial charge in [0, 0.05) is 24.5 Å². The van der Waals surface area contributed by atoms with E-state index in [-0.39, 0.29) is 6.42 Å².